The lowest BCUT2D eigenvalue weighted by molar-refractivity contribution is 0.460. The predicted octanol–water partition coefficient (Wildman–Crippen LogP) is 1.72. The van der Waals surface area contributed by atoms with E-state index in [9.17, 15) is 0 Å². The van der Waals surface area contributed by atoms with Crippen molar-refractivity contribution in [1.82, 2.24) is 25.5 Å². The summed E-state index contributed by atoms with van der Waals surface area (Å²) in [6.07, 6.45) is 2.53. The Morgan fingerprint density at radius 3 is 2.65 bits per heavy atom. The number of rotatable bonds is 8. The molecule has 0 radical (unpaired) electrons. The van der Waals surface area contributed by atoms with Gasteiger partial charge < -0.3 is 5.32 Å². The summed E-state index contributed by atoms with van der Waals surface area (Å²) in [7, 11) is 1.86. The molecule has 0 aliphatic rings. The van der Waals surface area contributed by atoms with E-state index in [2.05, 4.69) is 41.6 Å². The van der Waals surface area contributed by atoms with Gasteiger partial charge in [-0.3, -0.25) is 0 Å². The Balaban J connectivity index is 2.06. The van der Waals surface area contributed by atoms with Crippen LogP contribution in [0.2, 0.25) is 0 Å². The Kier molecular flexibility index (Phi) is 6.50. The van der Waals surface area contributed by atoms with E-state index in [0.717, 1.165) is 23.4 Å². The van der Waals surface area contributed by atoms with E-state index in [-0.39, 0.29) is 0 Å². The Hall–Kier alpha value is -0.620. The van der Waals surface area contributed by atoms with E-state index in [1.165, 1.54) is 12.8 Å². The number of nitrogens with one attached hydrogen (secondary N) is 1. The first-order valence-corrected chi connectivity index (χ1v) is 7.16. The van der Waals surface area contributed by atoms with Gasteiger partial charge in [-0.15, -0.1) is 5.10 Å². The highest BCUT2D eigenvalue weighted by atomic mass is 32.2. The maximum atomic E-state index is 3.93. The van der Waals surface area contributed by atoms with Crippen molar-refractivity contribution in [3.63, 3.8) is 0 Å². The molecule has 0 aliphatic carbocycles. The topological polar surface area (TPSA) is 55.6 Å². The summed E-state index contributed by atoms with van der Waals surface area (Å²) in [5.41, 5.74) is 0. The van der Waals surface area contributed by atoms with Gasteiger partial charge in [0.15, 0.2) is 0 Å². The summed E-state index contributed by atoms with van der Waals surface area (Å²) in [5.74, 6) is 1.79. The molecule has 98 valence electrons. The monoisotopic (exact) mass is 257 g/mol. The van der Waals surface area contributed by atoms with Crippen molar-refractivity contribution in [2.45, 2.75) is 44.8 Å². The molecule has 6 heteroatoms. The molecule has 1 N–H and O–H groups in total. The first kappa shape index (κ1) is 14.4. The van der Waals surface area contributed by atoms with Crippen LogP contribution < -0.4 is 5.32 Å². The van der Waals surface area contributed by atoms with Crippen LogP contribution in [0.25, 0.3) is 0 Å². The highest BCUT2D eigenvalue weighted by Crippen LogP contribution is 2.11. The summed E-state index contributed by atoms with van der Waals surface area (Å²) in [6, 6.07) is 0.593. The summed E-state index contributed by atoms with van der Waals surface area (Å²) in [4.78, 5) is 0. The lowest BCUT2D eigenvalue weighted by atomic mass is 10.0. The maximum absolute atomic E-state index is 3.93. The molecule has 1 aromatic rings. The van der Waals surface area contributed by atoms with Crippen molar-refractivity contribution in [1.29, 1.82) is 0 Å². The predicted molar refractivity (Wildman–Crippen MR) is 71.1 cm³/mol. The standard InChI is InChI=1S/C11H23N5S/c1-9(2)5-6-10(3)12-7-8-17-11-13-14-15-16(11)4/h9-10,12H,5-8H2,1-4H3. The van der Waals surface area contributed by atoms with Crippen LogP contribution in [0.15, 0.2) is 5.16 Å². The largest absolute Gasteiger partial charge is 0.313 e. The van der Waals surface area contributed by atoms with Crippen LogP contribution in [0.5, 0.6) is 0 Å². The number of tetrazole rings is 1. The van der Waals surface area contributed by atoms with Crippen LogP contribution in [0, 0.1) is 5.92 Å². The zero-order valence-electron chi connectivity index (χ0n) is 11.2. The van der Waals surface area contributed by atoms with Crippen molar-refractivity contribution in [3.8, 4) is 0 Å². The van der Waals surface area contributed by atoms with Gasteiger partial charge >= 0.3 is 0 Å². The van der Waals surface area contributed by atoms with Crippen molar-refractivity contribution in [2.24, 2.45) is 13.0 Å². The average Bonchev–Trinajstić information content (AvgIpc) is 2.68. The van der Waals surface area contributed by atoms with Crippen LogP contribution >= 0.6 is 11.8 Å². The van der Waals surface area contributed by atoms with Gasteiger partial charge in [0.05, 0.1) is 0 Å². The number of hydrogen-bond acceptors (Lipinski definition) is 5. The summed E-state index contributed by atoms with van der Waals surface area (Å²) >= 11 is 1.68. The smallest absolute Gasteiger partial charge is 0.209 e. The average molecular weight is 257 g/mol. The molecule has 1 atom stereocenters. The second kappa shape index (κ2) is 7.66. The molecule has 0 aliphatic heterocycles. The Bertz CT molecular complexity index is 313. The van der Waals surface area contributed by atoms with E-state index in [0.29, 0.717) is 6.04 Å². The molecule has 1 heterocycles. The van der Waals surface area contributed by atoms with Gasteiger partial charge in [-0.25, -0.2) is 4.68 Å². The normalized spacial score (nSPS) is 13.2. The molecule has 1 aromatic heterocycles. The van der Waals surface area contributed by atoms with Gasteiger partial charge in [0.25, 0.3) is 0 Å². The van der Waals surface area contributed by atoms with E-state index in [1.54, 1.807) is 16.4 Å². The number of hydrogen-bond donors (Lipinski definition) is 1. The molecule has 1 rings (SSSR count). The second-order valence-electron chi connectivity index (χ2n) is 4.76. The minimum Gasteiger partial charge on any atom is -0.313 e. The number of aromatic nitrogens is 4. The minimum atomic E-state index is 0.593. The van der Waals surface area contributed by atoms with E-state index < -0.39 is 0 Å². The van der Waals surface area contributed by atoms with Crippen LogP contribution in [0.3, 0.4) is 0 Å². The third-order valence-electron chi connectivity index (χ3n) is 2.58. The molecule has 0 bridgehead atoms. The fourth-order valence-corrected chi connectivity index (χ4v) is 2.20. The molecule has 0 saturated carbocycles. The van der Waals surface area contributed by atoms with E-state index in [4.69, 9.17) is 0 Å². The van der Waals surface area contributed by atoms with Gasteiger partial charge in [-0.2, -0.15) is 0 Å². The van der Waals surface area contributed by atoms with Gasteiger partial charge in [0.1, 0.15) is 0 Å². The number of thioether (sulfide) groups is 1. The van der Waals surface area contributed by atoms with E-state index in [1.807, 2.05) is 7.05 Å². The molecule has 0 saturated heterocycles. The van der Waals surface area contributed by atoms with Crippen molar-refractivity contribution in [2.75, 3.05) is 12.3 Å². The highest BCUT2D eigenvalue weighted by Gasteiger charge is 2.04. The van der Waals surface area contributed by atoms with Crippen molar-refractivity contribution < 1.29 is 0 Å². The molecule has 0 aromatic carbocycles. The molecule has 1 unspecified atom stereocenters. The quantitative estimate of drug-likeness (QED) is 0.567. The molecule has 0 spiro atoms. The Morgan fingerprint density at radius 2 is 2.06 bits per heavy atom. The van der Waals surface area contributed by atoms with Crippen molar-refractivity contribution >= 4 is 11.8 Å². The first-order valence-electron chi connectivity index (χ1n) is 6.18. The lowest BCUT2D eigenvalue weighted by Gasteiger charge is -2.14. The van der Waals surface area contributed by atoms with Crippen LogP contribution in [0.1, 0.15) is 33.6 Å². The fourth-order valence-electron chi connectivity index (χ4n) is 1.48. The zero-order chi connectivity index (χ0) is 12.7. The summed E-state index contributed by atoms with van der Waals surface area (Å²) in [6.45, 7) is 7.78. The Labute approximate surface area is 108 Å². The van der Waals surface area contributed by atoms with Gasteiger partial charge in [-0.1, -0.05) is 25.6 Å². The van der Waals surface area contributed by atoms with Crippen LogP contribution in [-0.4, -0.2) is 38.5 Å². The first-order chi connectivity index (χ1) is 8.09. The zero-order valence-corrected chi connectivity index (χ0v) is 12.0. The molecular formula is C11H23N5S. The van der Waals surface area contributed by atoms with Crippen LogP contribution in [0.4, 0.5) is 0 Å². The summed E-state index contributed by atoms with van der Waals surface area (Å²) < 4.78 is 1.70. The fraction of sp³-hybridized carbons (Fsp3) is 0.909. The highest BCUT2D eigenvalue weighted by molar-refractivity contribution is 7.99. The molecule has 0 amide bonds. The third-order valence-corrected chi connectivity index (χ3v) is 3.60. The van der Waals surface area contributed by atoms with Gasteiger partial charge in [0, 0.05) is 25.4 Å². The van der Waals surface area contributed by atoms with Gasteiger partial charge in [-0.05, 0) is 36.1 Å². The third kappa shape index (κ3) is 6.02. The number of aryl methyl sites for hydroxylation is 1. The number of nitrogens with zero attached hydrogens (tertiary/aromatic N) is 4. The van der Waals surface area contributed by atoms with Crippen molar-refractivity contribution in [3.05, 3.63) is 0 Å². The molecule has 0 fully saturated rings. The second-order valence-corrected chi connectivity index (χ2v) is 5.82. The molecule has 17 heavy (non-hydrogen) atoms. The molecule has 5 nitrogen and oxygen atoms in total. The van der Waals surface area contributed by atoms with Crippen LogP contribution in [-0.2, 0) is 7.05 Å². The van der Waals surface area contributed by atoms with Gasteiger partial charge in [0.2, 0.25) is 5.16 Å². The minimum absolute atomic E-state index is 0.593. The summed E-state index contributed by atoms with van der Waals surface area (Å²) in [5, 5.41) is 15.7. The SMILES string of the molecule is CC(C)CCC(C)NCCSc1nnnn1C. The lowest BCUT2D eigenvalue weighted by Crippen LogP contribution is -2.28. The molecular weight excluding hydrogens is 234 g/mol. The maximum Gasteiger partial charge on any atom is 0.209 e. The van der Waals surface area contributed by atoms with E-state index >= 15 is 0 Å². The Morgan fingerprint density at radius 1 is 1.29 bits per heavy atom.